The molecule has 2 rings (SSSR count). The molecule has 0 saturated carbocycles. The Hall–Kier alpha value is -1.63. The minimum atomic E-state index is 0.594. The van der Waals surface area contributed by atoms with Crippen LogP contribution in [0.5, 0.6) is 0 Å². The lowest BCUT2D eigenvalue weighted by atomic mass is 10.2. The van der Waals surface area contributed by atoms with Crippen LogP contribution in [-0.4, -0.2) is 47.0 Å². The van der Waals surface area contributed by atoms with Crippen molar-refractivity contribution in [2.24, 2.45) is 0 Å². The fourth-order valence-corrected chi connectivity index (χ4v) is 2.52. The molecule has 0 unspecified atom stereocenters. The summed E-state index contributed by atoms with van der Waals surface area (Å²) in [6, 6.07) is 9.66. The zero-order valence-corrected chi connectivity index (χ0v) is 15.0. The van der Waals surface area contributed by atoms with Crippen molar-refractivity contribution >= 4 is 34.7 Å². The highest BCUT2D eigenvalue weighted by atomic mass is 35.5. The second-order valence-electron chi connectivity index (χ2n) is 5.57. The maximum absolute atomic E-state index is 5.99. The van der Waals surface area contributed by atoms with E-state index in [4.69, 9.17) is 23.8 Å². The fraction of sp³-hybridized carbons (Fsp3) is 0.375. The first-order valence-electron chi connectivity index (χ1n) is 7.50. The molecule has 0 aliphatic rings. The number of aromatic nitrogens is 2. The van der Waals surface area contributed by atoms with Gasteiger partial charge in [0.15, 0.2) is 10.9 Å². The summed E-state index contributed by atoms with van der Waals surface area (Å²) < 4.78 is 1.85. The molecular formula is C16H22ClN5S. The molecule has 1 aromatic carbocycles. The SMILES string of the molecule is CN(C)CCCNC(=S)Nc1ccn(Cc2cccc(Cl)c2)n1. The summed E-state index contributed by atoms with van der Waals surface area (Å²) in [6.45, 7) is 2.54. The van der Waals surface area contributed by atoms with Gasteiger partial charge in [0.1, 0.15) is 0 Å². The Morgan fingerprint density at radius 2 is 2.17 bits per heavy atom. The molecule has 5 nitrogen and oxygen atoms in total. The molecular weight excluding hydrogens is 330 g/mol. The summed E-state index contributed by atoms with van der Waals surface area (Å²) in [7, 11) is 4.12. The third kappa shape index (κ3) is 6.56. The van der Waals surface area contributed by atoms with E-state index in [9.17, 15) is 0 Å². The van der Waals surface area contributed by atoms with E-state index < -0.39 is 0 Å². The summed E-state index contributed by atoms with van der Waals surface area (Å²) in [5, 5.41) is 12.1. The van der Waals surface area contributed by atoms with E-state index in [1.165, 1.54) is 0 Å². The minimum Gasteiger partial charge on any atom is -0.362 e. The largest absolute Gasteiger partial charge is 0.362 e. The highest BCUT2D eigenvalue weighted by Crippen LogP contribution is 2.12. The highest BCUT2D eigenvalue weighted by Gasteiger charge is 2.03. The van der Waals surface area contributed by atoms with E-state index >= 15 is 0 Å². The van der Waals surface area contributed by atoms with Gasteiger partial charge in [0.25, 0.3) is 0 Å². The van der Waals surface area contributed by atoms with Crippen molar-refractivity contribution in [3.8, 4) is 0 Å². The number of hydrogen-bond acceptors (Lipinski definition) is 3. The lowest BCUT2D eigenvalue weighted by Crippen LogP contribution is -2.31. The first kappa shape index (κ1) is 17.7. The van der Waals surface area contributed by atoms with Crippen molar-refractivity contribution in [3.63, 3.8) is 0 Å². The van der Waals surface area contributed by atoms with Gasteiger partial charge in [-0.25, -0.2) is 0 Å². The molecule has 0 aliphatic heterocycles. The summed E-state index contributed by atoms with van der Waals surface area (Å²) in [6.07, 6.45) is 2.95. The predicted molar refractivity (Wildman–Crippen MR) is 100 cm³/mol. The van der Waals surface area contributed by atoms with Gasteiger partial charge in [-0.3, -0.25) is 4.68 Å². The average Bonchev–Trinajstić information content (AvgIpc) is 2.90. The lowest BCUT2D eigenvalue weighted by molar-refractivity contribution is 0.400. The van der Waals surface area contributed by atoms with Crippen LogP contribution in [0.15, 0.2) is 36.5 Å². The van der Waals surface area contributed by atoms with Crippen LogP contribution in [0.25, 0.3) is 0 Å². The zero-order valence-electron chi connectivity index (χ0n) is 13.4. The quantitative estimate of drug-likeness (QED) is 0.593. The third-order valence-electron chi connectivity index (χ3n) is 3.18. The lowest BCUT2D eigenvalue weighted by Gasteiger charge is -2.11. The van der Waals surface area contributed by atoms with E-state index in [0.717, 1.165) is 35.9 Å². The van der Waals surface area contributed by atoms with Crippen LogP contribution in [-0.2, 0) is 6.54 Å². The Morgan fingerprint density at radius 1 is 1.35 bits per heavy atom. The first-order chi connectivity index (χ1) is 11.0. The summed E-state index contributed by atoms with van der Waals surface area (Å²) in [4.78, 5) is 2.15. The Morgan fingerprint density at radius 3 is 2.91 bits per heavy atom. The molecule has 0 radical (unpaired) electrons. The van der Waals surface area contributed by atoms with Crippen molar-refractivity contribution in [2.45, 2.75) is 13.0 Å². The number of nitrogens with zero attached hydrogens (tertiary/aromatic N) is 3. The van der Waals surface area contributed by atoms with Gasteiger partial charge >= 0.3 is 0 Å². The monoisotopic (exact) mass is 351 g/mol. The topological polar surface area (TPSA) is 45.1 Å². The van der Waals surface area contributed by atoms with Crippen LogP contribution in [0.1, 0.15) is 12.0 Å². The normalized spacial score (nSPS) is 10.8. The van der Waals surface area contributed by atoms with Gasteiger partial charge in [-0.05, 0) is 57.0 Å². The number of hydrogen-bond donors (Lipinski definition) is 2. The number of rotatable bonds is 7. The molecule has 23 heavy (non-hydrogen) atoms. The van der Waals surface area contributed by atoms with E-state index in [1.54, 1.807) is 0 Å². The minimum absolute atomic E-state index is 0.594. The van der Waals surface area contributed by atoms with Crippen molar-refractivity contribution in [1.29, 1.82) is 0 Å². The molecule has 0 saturated heterocycles. The van der Waals surface area contributed by atoms with Gasteiger partial charge in [0.05, 0.1) is 6.54 Å². The second kappa shape index (κ2) is 8.86. The third-order valence-corrected chi connectivity index (χ3v) is 3.67. The Balaban J connectivity index is 1.79. The second-order valence-corrected chi connectivity index (χ2v) is 6.41. The van der Waals surface area contributed by atoms with Crippen LogP contribution in [0.3, 0.4) is 0 Å². The predicted octanol–water partition coefficient (Wildman–Crippen LogP) is 2.82. The van der Waals surface area contributed by atoms with Crippen molar-refractivity contribution in [3.05, 3.63) is 47.1 Å². The number of anilines is 1. The maximum Gasteiger partial charge on any atom is 0.171 e. The molecule has 0 fully saturated rings. The van der Waals surface area contributed by atoms with Crippen LogP contribution < -0.4 is 10.6 Å². The fourth-order valence-electron chi connectivity index (χ4n) is 2.10. The molecule has 2 N–H and O–H groups in total. The highest BCUT2D eigenvalue weighted by molar-refractivity contribution is 7.80. The standard InChI is InChI=1S/C16H22ClN5S/c1-21(2)9-4-8-18-16(23)19-15-7-10-22(20-15)12-13-5-3-6-14(17)11-13/h3,5-7,10-11H,4,8-9,12H2,1-2H3,(H2,18,19,20,23). The van der Waals surface area contributed by atoms with Gasteiger partial charge in [0, 0.05) is 23.8 Å². The Bertz CT molecular complexity index is 641. The smallest absolute Gasteiger partial charge is 0.171 e. The molecule has 0 amide bonds. The zero-order chi connectivity index (χ0) is 16.7. The van der Waals surface area contributed by atoms with Crippen molar-refractivity contribution < 1.29 is 0 Å². The van der Waals surface area contributed by atoms with Crippen molar-refractivity contribution in [2.75, 3.05) is 32.5 Å². The van der Waals surface area contributed by atoms with Gasteiger partial charge in [-0.2, -0.15) is 5.10 Å². The number of benzene rings is 1. The molecule has 7 heteroatoms. The first-order valence-corrected chi connectivity index (χ1v) is 8.29. The van der Waals surface area contributed by atoms with Gasteiger partial charge < -0.3 is 15.5 Å². The number of thiocarbonyl (C=S) groups is 1. The molecule has 0 bridgehead atoms. The summed E-state index contributed by atoms with van der Waals surface area (Å²) in [5.41, 5.74) is 1.11. The van der Waals surface area contributed by atoms with Gasteiger partial charge in [-0.1, -0.05) is 23.7 Å². The maximum atomic E-state index is 5.99. The van der Waals surface area contributed by atoms with Crippen molar-refractivity contribution in [1.82, 2.24) is 20.0 Å². The number of halogens is 1. The van der Waals surface area contributed by atoms with Crippen LogP contribution >= 0.6 is 23.8 Å². The van der Waals surface area contributed by atoms with Crippen LogP contribution in [0.2, 0.25) is 5.02 Å². The summed E-state index contributed by atoms with van der Waals surface area (Å²) in [5.74, 6) is 0.733. The summed E-state index contributed by atoms with van der Waals surface area (Å²) >= 11 is 11.3. The van der Waals surface area contributed by atoms with E-state index in [1.807, 2.05) is 41.2 Å². The molecule has 2 aromatic rings. The average molecular weight is 352 g/mol. The van der Waals surface area contributed by atoms with Crippen LogP contribution in [0, 0.1) is 0 Å². The molecule has 0 atom stereocenters. The Labute approximate surface area is 147 Å². The molecule has 0 spiro atoms. The molecule has 1 aromatic heterocycles. The van der Waals surface area contributed by atoms with Gasteiger partial charge in [0.2, 0.25) is 0 Å². The molecule has 124 valence electrons. The number of nitrogens with one attached hydrogen (secondary N) is 2. The van der Waals surface area contributed by atoms with Crippen LogP contribution in [0.4, 0.5) is 5.82 Å². The van der Waals surface area contributed by atoms with E-state index in [2.05, 4.69) is 34.7 Å². The Kier molecular flexibility index (Phi) is 6.83. The van der Waals surface area contributed by atoms with E-state index in [-0.39, 0.29) is 0 Å². The van der Waals surface area contributed by atoms with E-state index in [0.29, 0.717) is 11.7 Å². The molecule has 1 heterocycles. The molecule has 0 aliphatic carbocycles. The van der Waals surface area contributed by atoms with Gasteiger partial charge in [-0.15, -0.1) is 0 Å².